The molecular weight excluding hydrogens is 176 g/mol. The molecule has 1 aromatic rings. The molecule has 0 atom stereocenters. The van der Waals surface area contributed by atoms with E-state index in [0.717, 1.165) is 11.5 Å². The fraction of sp³-hybridized carbons (Fsp3) is 0.500. The van der Waals surface area contributed by atoms with Gasteiger partial charge in [-0.3, -0.25) is 0 Å². The van der Waals surface area contributed by atoms with Crippen LogP contribution in [0.5, 0.6) is 11.5 Å². The van der Waals surface area contributed by atoms with E-state index in [-0.39, 0.29) is 0 Å². The van der Waals surface area contributed by atoms with Gasteiger partial charge in [0.2, 0.25) is 0 Å². The van der Waals surface area contributed by atoms with Crippen LogP contribution in [-0.2, 0) is 0 Å². The minimum absolute atomic E-state index is 0.666. The van der Waals surface area contributed by atoms with E-state index in [1.807, 2.05) is 45.9 Å². The summed E-state index contributed by atoms with van der Waals surface area (Å²) in [5.74, 6) is 1.61. The van der Waals surface area contributed by atoms with E-state index in [4.69, 9.17) is 9.47 Å². The number of rotatable bonds is 3. The quantitative estimate of drug-likeness (QED) is 0.737. The summed E-state index contributed by atoms with van der Waals surface area (Å²) >= 11 is 0. The molecule has 14 heavy (non-hydrogen) atoms. The molecule has 0 heterocycles. The normalized spacial score (nSPS) is 8.64. The van der Waals surface area contributed by atoms with Crippen molar-refractivity contribution in [3.63, 3.8) is 0 Å². The van der Waals surface area contributed by atoms with Gasteiger partial charge in [0.05, 0.1) is 13.7 Å². The maximum atomic E-state index is 5.36. The highest BCUT2D eigenvalue weighted by atomic mass is 16.5. The lowest BCUT2D eigenvalue weighted by Crippen LogP contribution is -1.95. The summed E-state index contributed by atoms with van der Waals surface area (Å²) in [7, 11) is 1.65. The number of benzene rings is 1. The second-order valence-electron chi connectivity index (χ2n) is 2.59. The lowest BCUT2D eigenvalue weighted by molar-refractivity contribution is 0.311. The number of hydrogen-bond donors (Lipinski definition) is 0. The number of methoxy groups -OCH3 is 1. The third kappa shape index (κ3) is 3.69. The van der Waals surface area contributed by atoms with Crippen molar-refractivity contribution in [2.45, 2.75) is 27.7 Å². The molecule has 0 aliphatic heterocycles. The molecule has 0 aromatic heterocycles. The van der Waals surface area contributed by atoms with Crippen molar-refractivity contribution in [1.29, 1.82) is 0 Å². The second-order valence-corrected chi connectivity index (χ2v) is 2.59. The second kappa shape index (κ2) is 7.25. The predicted octanol–water partition coefficient (Wildman–Crippen LogP) is 3.43. The molecule has 0 aliphatic carbocycles. The molecule has 80 valence electrons. The average molecular weight is 196 g/mol. The molecule has 0 aliphatic rings. The van der Waals surface area contributed by atoms with Crippen LogP contribution in [0.2, 0.25) is 0 Å². The SMILES string of the molecule is CC.CCOc1ccc(C)cc1OC. The maximum Gasteiger partial charge on any atom is 0.161 e. The van der Waals surface area contributed by atoms with E-state index in [1.54, 1.807) is 7.11 Å². The van der Waals surface area contributed by atoms with Crippen LogP contribution in [0.1, 0.15) is 26.3 Å². The first kappa shape index (κ1) is 12.8. The van der Waals surface area contributed by atoms with Crippen LogP contribution in [0.4, 0.5) is 0 Å². The summed E-state index contributed by atoms with van der Waals surface area (Å²) in [5.41, 5.74) is 1.18. The van der Waals surface area contributed by atoms with Gasteiger partial charge in [0.25, 0.3) is 0 Å². The third-order valence-electron chi connectivity index (χ3n) is 1.62. The lowest BCUT2D eigenvalue weighted by Gasteiger charge is -2.08. The van der Waals surface area contributed by atoms with Crippen LogP contribution in [0.3, 0.4) is 0 Å². The number of aryl methyl sites for hydroxylation is 1. The lowest BCUT2D eigenvalue weighted by atomic mass is 10.2. The van der Waals surface area contributed by atoms with Gasteiger partial charge in [-0.1, -0.05) is 19.9 Å². The Balaban J connectivity index is 0.000000791. The largest absolute Gasteiger partial charge is 0.493 e. The topological polar surface area (TPSA) is 18.5 Å². The van der Waals surface area contributed by atoms with Gasteiger partial charge in [-0.05, 0) is 31.5 Å². The first-order valence-electron chi connectivity index (χ1n) is 5.05. The standard InChI is InChI=1S/C10H14O2.C2H6/c1-4-12-9-6-5-8(2)7-10(9)11-3;1-2/h5-7H,4H2,1-3H3;1-2H3. The van der Waals surface area contributed by atoms with E-state index in [9.17, 15) is 0 Å². The Bertz CT molecular complexity index is 256. The molecule has 0 saturated carbocycles. The summed E-state index contributed by atoms with van der Waals surface area (Å²) < 4.78 is 10.5. The van der Waals surface area contributed by atoms with E-state index in [2.05, 4.69) is 0 Å². The third-order valence-corrected chi connectivity index (χ3v) is 1.62. The van der Waals surface area contributed by atoms with Gasteiger partial charge in [-0.2, -0.15) is 0 Å². The molecule has 2 heteroatoms. The van der Waals surface area contributed by atoms with E-state index >= 15 is 0 Å². The zero-order valence-electron chi connectivity index (χ0n) is 9.76. The van der Waals surface area contributed by atoms with Gasteiger partial charge >= 0.3 is 0 Å². The Labute approximate surface area is 86.9 Å². The van der Waals surface area contributed by atoms with Crippen molar-refractivity contribution in [3.8, 4) is 11.5 Å². The monoisotopic (exact) mass is 196 g/mol. The van der Waals surface area contributed by atoms with Crippen LogP contribution >= 0.6 is 0 Å². The fourth-order valence-corrected chi connectivity index (χ4v) is 1.05. The molecule has 0 N–H and O–H groups in total. The summed E-state index contributed by atoms with van der Waals surface area (Å²) in [6.07, 6.45) is 0. The maximum absolute atomic E-state index is 5.36. The van der Waals surface area contributed by atoms with Crippen LogP contribution in [0.25, 0.3) is 0 Å². The van der Waals surface area contributed by atoms with Crippen molar-refractivity contribution >= 4 is 0 Å². The van der Waals surface area contributed by atoms with Gasteiger partial charge in [0.15, 0.2) is 11.5 Å². The molecule has 2 nitrogen and oxygen atoms in total. The van der Waals surface area contributed by atoms with Crippen LogP contribution in [0.15, 0.2) is 18.2 Å². The van der Waals surface area contributed by atoms with Crippen LogP contribution < -0.4 is 9.47 Å². The van der Waals surface area contributed by atoms with Crippen molar-refractivity contribution in [2.75, 3.05) is 13.7 Å². The molecule has 1 aromatic carbocycles. The van der Waals surface area contributed by atoms with Crippen molar-refractivity contribution in [2.24, 2.45) is 0 Å². The van der Waals surface area contributed by atoms with Gasteiger partial charge < -0.3 is 9.47 Å². The van der Waals surface area contributed by atoms with E-state index in [1.165, 1.54) is 5.56 Å². The summed E-state index contributed by atoms with van der Waals surface area (Å²) in [5, 5.41) is 0. The molecule has 0 saturated heterocycles. The Morgan fingerprint density at radius 2 is 1.79 bits per heavy atom. The minimum Gasteiger partial charge on any atom is -0.493 e. The highest BCUT2D eigenvalue weighted by molar-refractivity contribution is 5.42. The van der Waals surface area contributed by atoms with Gasteiger partial charge in [-0.15, -0.1) is 0 Å². The van der Waals surface area contributed by atoms with Gasteiger partial charge in [0.1, 0.15) is 0 Å². The fourth-order valence-electron chi connectivity index (χ4n) is 1.05. The Kier molecular flexibility index (Phi) is 6.63. The molecule has 0 unspecified atom stereocenters. The highest BCUT2D eigenvalue weighted by Gasteiger charge is 2.01. The van der Waals surface area contributed by atoms with Gasteiger partial charge in [0, 0.05) is 0 Å². The molecule has 0 radical (unpaired) electrons. The molecule has 1 rings (SSSR count). The highest BCUT2D eigenvalue weighted by Crippen LogP contribution is 2.27. The smallest absolute Gasteiger partial charge is 0.161 e. The molecule has 0 amide bonds. The Morgan fingerprint density at radius 1 is 1.14 bits per heavy atom. The van der Waals surface area contributed by atoms with Crippen molar-refractivity contribution in [3.05, 3.63) is 23.8 Å². The van der Waals surface area contributed by atoms with Crippen LogP contribution in [0, 0.1) is 6.92 Å². The molecular formula is C12H20O2. The number of ether oxygens (including phenoxy) is 2. The summed E-state index contributed by atoms with van der Waals surface area (Å²) in [4.78, 5) is 0. The number of hydrogen-bond acceptors (Lipinski definition) is 2. The van der Waals surface area contributed by atoms with Gasteiger partial charge in [-0.25, -0.2) is 0 Å². The van der Waals surface area contributed by atoms with E-state index in [0.29, 0.717) is 6.61 Å². The Hall–Kier alpha value is -1.18. The molecule has 0 spiro atoms. The van der Waals surface area contributed by atoms with Crippen molar-refractivity contribution in [1.82, 2.24) is 0 Å². The molecule has 0 fully saturated rings. The van der Waals surface area contributed by atoms with Crippen LogP contribution in [-0.4, -0.2) is 13.7 Å². The summed E-state index contributed by atoms with van der Waals surface area (Å²) in [6.45, 7) is 8.65. The molecule has 0 bridgehead atoms. The minimum atomic E-state index is 0.666. The van der Waals surface area contributed by atoms with E-state index < -0.39 is 0 Å². The Morgan fingerprint density at radius 3 is 2.29 bits per heavy atom. The zero-order valence-corrected chi connectivity index (χ0v) is 9.76. The first-order valence-corrected chi connectivity index (χ1v) is 5.05. The van der Waals surface area contributed by atoms with Crippen molar-refractivity contribution < 1.29 is 9.47 Å². The average Bonchev–Trinajstić information content (AvgIpc) is 2.24. The zero-order chi connectivity index (χ0) is 11.0. The summed E-state index contributed by atoms with van der Waals surface area (Å²) in [6, 6.07) is 5.90. The first-order chi connectivity index (χ1) is 6.77. The predicted molar refractivity (Wildman–Crippen MR) is 60.2 cm³/mol.